The number of ether oxygens (including phenoxy) is 1. The molecule has 1 aliphatic heterocycles. The fourth-order valence-corrected chi connectivity index (χ4v) is 4.79. The number of anilines is 1. The van der Waals surface area contributed by atoms with E-state index < -0.39 is 15.6 Å². The Bertz CT molecular complexity index is 1200. The van der Waals surface area contributed by atoms with Gasteiger partial charge in [-0.15, -0.1) is 0 Å². The van der Waals surface area contributed by atoms with Gasteiger partial charge in [0.05, 0.1) is 23.7 Å². The van der Waals surface area contributed by atoms with Crippen molar-refractivity contribution in [1.29, 1.82) is 0 Å². The highest BCUT2D eigenvalue weighted by Crippen LogP contribution is 2.33. The Kier molecular flexibility index (Phi) is 5.06. The number of sulfonamides is 1. The second-order valence-electron chi connectivity index (χ2n) is 6.99. The first-order chi connectivity index (χ1) is 13.9. The second-order valence-corrected chi connectivity index (χ2v) is 9.03. The molecule has 0 unspecified atom stereocenters. The predicted molar refractivity (Wildman–Crippen MR) is 111 cm³/mol. The van der Waals surface area contributed by atoms with Crippen molar-refractivity contribution >= 4 is 26.7 Å². The molecule has 29 heavy (non-hydrogen) atoms. The molecule has 3 aromatic rings. The second kappa shape index (κ2) is 7.53. The summed E-state index contributed by atoms with van der Waals surface area (Å²) in [6.45, 7) is 3.70. The molecule has 8 heteroatoms. The lowest BCUT2D eigenvalue weighted by atomic mass is 10.2. The molecular weight excluding hydrogens is 392 g/mol. The van der Waals surface area contributed by atoms with Crippen molar-refractivity contribution in [3.8, 4) is 5.75 Å². The van der Waals surface area contributed by atoms with E-state index in [1.165, 1.54) is 28.6 Å². The van der Waals surface area contributed by atoms with Gasteiger partial charge in [-0.25, -0.2) is 13.2 Å². The van der Waals surface area contributed by atoms with Crippen LogP contribution in [0.1, 0.15) is 6.92 Å². The summed E-state index contributed by atoms with van der Waals surface area (Å²) in [7, 11) is -2.18. The first-order valence-electron chi connectivity index (χ1n) is 9.39. The summed E-state index contributed by atoms with van der Waals surface area (Å²) >= 11 is 0. The maximum absolute atomic E-state index is 13.1. The molecule has 0 spiro atoms. The SMILES string of the molecule is CCN1C[C@H](CN(C)S(=O)(=O)c2ccc3oc(=O)ccc3c2)Oc2ccccc21. The summed E-state index contributed by atoms with van der Waals surface area (Å²) in [5, 5.41) is 0.555. The van der Waals surface area contributed by atoms with Gasteiger partial charge in [0.2, 0.25) is 10.0 Å². The molecule has 0 radical (unpaired) electrons. The van der Waals surface area contributed by atoms with Crippen molar-refractivity contribution in [1.82, 2.24) is 4.31 Å². The molecule has 7 nitrogen and oxygen atoms in total. The zero-order valence-corrected chi connectivity index (χ0v) is 17.1. The zero-order valence-electron chi connectivity index (χ0n) is 16.2. The molecule has 152 valence electrons. The molecule has 1 aromatic heterocycles. The van der Waals surface area contributed by atoms with E-state index in [1.54, 1.807) is 13.1 Å². The van der Waals surface area contributed by atoms with Gasteiger partial charge in [0.25, 0.3) is 0 Å². The zero-order chi connectivity index (χ0) is 20.6. The Balaban J connectivity index is 1.57. The lowest BCUT2D eigenvalue weighted by molar-refractivity contribution is 0.171. The Labute approximate surface area is 169 Å². The van der Waals surface area contributed by atoms with E-state index >= 15 is 0 Å². The normalized spacial score (nSPS) is 16.7. The maximum atomic E-state index is 13.1. The van der Waals surface area contributed by atoms with Gasteiger partial charge in [-0.2, -0.15) is 4.31 Å². The predicted octanol–water partition coefficient (Wildman–Crippen LogP) is 2.70. The molecule has 0 saturated heterocycles. The minimum Gasteiger partial charge on any atom is -0.485 e. The number of hydrogen-bond donors (Lipinski definition) is 0. The van der Waals surface area contributed by atoms with E-state index in [2.05, 4.69) is 11.8 Å². The highest BCUT2D eigenvalue weighted by atomic mass is 32.2. The van der Waals surface area contributed by atoms with E-state index in [0.29, 0.717) is 17.5 Å². The van der Waals surface area contributed by atoms with Gasteiger partial charge in [-0.1, -0.05) is 12.1 Å². The standard InChI is InChI=1S/C21H22N2O5S/c1-3-23-14-16(27-20-7-5-4-6-18(20)23)13-22(2)29(25,26)17-9-10-19-15(12-17)8-11-21(24)28-19/h4-12,16H,3,13-14H2,1-2H3/t16-/m0/s1. The van der Waals surface area contributed by atoms with Crippen LogP contribution in [0.2, 0.25) is 0 Å². The van der Waals surface area contributed by atoms with E-state index in [0.717, 1.165) is 18.0 Å². The summed E-state index contributed by atoms with van der Waals surface area (Å²) in [4.78, 5) is 13.6. The molecule has 1 atom stereocenters. The average molecular weight is 414 g/mol. The molecule has 2 heterocycles. The molecule has 0 N–H and O–H groups in total. The van der Waals surface area contributed by atoms with Crippen molar-refractivity contribution in [2.24, 2.45) is 0 Å². The lowest BCUT2D eigenvalue weighted by Crippen LogP contribution is -2.46. The third-order valence-corrected chi connectivity index (χ3v) is 6.88. The minimum absolute atomic E-state index is 0.143. The van der Waals surface area contributed by atoms with Crippen molar-refractivity contribution in [3.05, 3.63) is 65.0 Å². The summed E-state index contributed by atoms with van der Waals surface area (Å²) in [6.07, 6.45) is -0.289. The van der Waals surface area contributed by atoms with Gasteiger partial charge in [-0.3, -0.25) is 0 Å². The average Bonchev–Trinajstić information content (AvgIpc) is 2.72. The van der Waals surface area contributed by atoms with Gasteiger partial charge < -0.3 is 14.1 Å². The number of rotatable bonds is 5. The van der Waals surface area contributed by atoms with E-state index in [4.69, 9.17) is 9.15 Å². The maximum Gasteiger partial charge on any atom is 0.336 e. The number of nitrogens with zero attached hydrogens (tertiary/aromatic N) is 2. The fraction of sp³-hybridized carbons (Fsp3) is 0.286. The number of hydrogen-bond acceptors (Lipinski definition) is 6. The van der Waals surface area contributed by atoms with Crippen molar-refractivity contribution in [3.63, 3.8) is 0 Å². The van der Waals surface area contributed by atoms with Crippen LogP contribution in [-0.2, 0) is 10.0 Å². The number of para-hydroxylation sites is 2. The molecule has 0 saturated carbocycles. The fourth-order valence-electron chi connectivity index (χ4n) is 3.55. The summed E-state index contributed by atoms with van der Waals surface area (Å²) in [5.74, 6) is 0.761. The summed E-state index contributed by atoms with van der Waals surface area (Å²) in [6, 6.07) is 15.1. The van der Waals surface area contributed by atoms with Crippen LogP contribution in [0.25, 0.3) is 11.0 Å². The molecule has 2 aromatic carbocycles. The molecule has 0 aliphatic carbocycles. The van der Waals surface area contributed by atoms with Gasteiger partial charge in [0, 0.05) is 25.0 Å². The third-order valence-electron chi connectivity index (χ3n) is 5.07. The Morgan fingerprint density at radius 1 is 1.14 bits per heavy atom. The smallest absolute Gasteiger partial charge is 0.336 e. The van der Waals surface area contributed by atoms with Gasteiger partial charge in [0.1, 0.15) is 17.4 Å². The topological polar surface area (TPSA) is 80.1 Å². The first-order valence-corrected chi connectivity index (χ1v) is 10.8. The molecule has 0 amide bonds. The highest BCUT2D eigenvalue weighted by Gasteiger charge is 2.30. The van der Waals surface area contributed by atoms with Crippen molar-refractivity contribution < 1.29 is 17.6 Å². The Morgan fingerprint density at radius 3 is 2.72 bits per heavy atom. The number of benzene rings is 2. The summed E-state index contributed by atoms with van der Waals surface area (Å²) < 4.78 is 38.6. The molecule has 0 fully saturated rings. The van der Waals surface area contributed by atoms with Crippen LogP contribution >= 0.6 is 0 Å². The van der Waals surface area contributed by atoms with Gasteiger partial charge in [-0.05, 0) is 43.3 Å². The Morgan fingerprint density at radius 2 is 1.93 bits per heavy atom. The van der Waals surface area contributed by atoms with Crippen molar-refractivity contribution in [2.75, 3.05) is 31.6 Å². The summed E-state index contributed by atoms with van der Waals surface area (Å²) in [5.41, 5.74) is 0.901. The molecule has 1 aliphatic rings. The minimum atomic E-state index is -3.73. The van der Waals surface area contributed by atoms with Gasteiger partial charge >= 0.3 is 5.63 Å². The van der Waals surface area contributed by atoms with Gasteiger partial charge in [0.15, 0.2) is 0 Å². The Hall–Kier alpha value is -2.84. The third kappa shape index (κ3) is 3.73. The van der Waals surface area contributed by atoms with Crippen LogP contribution in [0.5, 0.6) is 5.75 Å². The van der Waals surface area contributed by atoms with Crippen LogP contribution in [0.15, 0.2) is 68.7 Å². The lowest BCUT2D eigenvalue weighted by Gasteiger charge is -2.37. The largest absolute Gasteiger partial charge is 0.485 e. The molecular formula is C21H22N2O5S. The van der Waals surface area contributed by atoms with Crippen LogP contribution in [-0.4, -0.2) is 45.5 Å². The molecule has 0 bridgehead atoms. The van der Waals surface area contributed by atoms with Crippen LogP contribution in [0, 0.1) is 0 Å². The van der Waals surface area contributed by atoms with Crippen LogP contribution < -0.4 is 15.3 Å². The highest BCUT2D eigenvalue weighted by molar-refractivity contribution is 7.89. The number of likely N-dealkylation sites (N-methyl/N-ethyl adjacent to an activating group) is 2. The molecule has 4 rings (SSSR count). The van der Waals surface area contributed by atoms with E-state index in [-0.39, 0.29) is 17.5 Å². The van der Waals surface area contributed by atoms with Crippen LogP contribution in [0.4, 0.5) is 5.69 Å². The van der Waals surface area contributed by atoms with E-state index in [1.807, 2.05) is 24.3 Å². The monoisotopic (exact) mass is 414 g/mol. The quantitative estimate of drug-likeness (QED) is 0.597. The number of fused-ring (bicyclic) bond motifs is 2. The van der Waals surface area contributed by atoms with Crippen molar-refractivity contribution in [2.45, 2.75) is 17.9 Å². The van der Waals surface area contributed by atoms with Crippen LogP contribution in [0.3, 0.4) is 0 Å². The van der Waals surface area contributed by atoms with E-state index in [9.17, 15) is 13.2 Å². The first kappa shape index (κ1) is 19.5.